The number of amides is 1. The van der Waals surface area contributed by atoms with E-state index in [2.05, 4.69) is 5.32 Å². The summed E-state index contributed by atoms with van der Waals surface area (Å²) in [5.41, 5.74) is -0.413. The van der Waals surface area contributed by atoms with Crippen LogP contribution >= 0.6 is 0 Å². The molecule has 0 saturated carbocycles. The zero-order chi connectivity index (χ0) is 13.8. The Hall–Kier alpha value is -1.10. The summed E-state index contributed by atoms with van der Waals surface area (Å²) in [4.78, 5) is 25.0. The van der Waals surface area contributed by atoms with Crippen molar-refractivity contribution in [3.63, 3.8) is 0 Å². The van der Waals surface area contributed by atoms with Crippen molar-refractivity contribution in [2.24, 2.45) is 5.41 Å². The second-order valence-electron chi connectivity index (χ2n) is 5.39. The van der Waals surface area contributed by atoms with Crippen molar-refractivity contribution in [1.29, 1.82) is 0 Å². The van der Waals surface area contributed by atoms with Crippen LogP contribution in [0.25, 0.3) is 0 Å². The molecule has 1 heterocycles. The fourth-order valence-electron chi connectivity index (χ4n) is 2.33. The quantitative estimate of drug-likeness (QED) is 0.772. The molecule has 1 fully saturated rings. The van der Waals surface area contributed by atoms with Crippen LogP contribution in [0.3, 0.4) is 0 Å². The summed E-state index contributed by atoms with van der Waals surface area (Å²) in [6.45, 7) is 7.28. The predicted octanol–water partition coefficient (Wildman–Crippen LogP) is 1.09. The van der Waals surface area contributed by atoms with Crippen molar-refractivity contribution in [3.8, 4) is 0 Å². The lowest BCUT2D eigenvalue weighted by atomic mass is 9.79. The summed E-state index contributed by atoms with van der Waals surface area (Å²) in [6, 6.07) is -0.0275. The van der Waals surface area contributed by atoms with Gasteiger partial charge in [0.15, 0.2) is 0 Å². The van der Waals surface area contributed by atoms with Gasteiger partial charge in [0.1, 0.15) is 6.54 Å². The van der Waals surface area contributed by atoms with Gasteiger partial charge in [0.05, 0.1) is 0 Å². The minimum absolute atomic E-state index is 0.0132. The molecule has 0 spiro atoms. The highest BCUT2D eigenvalue weighted by atomic mass is 16.4. The van der Waals surface area contributed by atoms with Crippen molar-refractivity contribution in [2.75, 3.05) is 19.6 Å². The molecule has 1 aliphatic rings. The van der Waals surface area contributed by atoms with Gasteiger partial charge in [-0.2, -0.15) is 0 Å². The molecular formula is C13H24N2O3. The van der Waals surface area contributed by atoms with Crippen LogP contribution in [0.2, 0.25) is 0 Å². The third-order valence-corrected chi connectivity index (χ3v) is 3.91. The van der Waals surface area contributed by atoms with Crippen molar-refractivity contribution in [2.45, 2.75) is 46.1 Å². The zero-order valence-electron chi connectivity index (χ0n) is 11.5. The number of aliphatic carboxylic acids is 1. The number of nitrogens with zero attached hydrogens (tertiary/aromatic N) is 1. The number of piperidine rings is 1. The third-order valence-electron chi connectivity index (χ3n) is 3.91. The molecule has 0 aromatic rings. The number of carbonyl (C=O) groups excluding carboxylic acids is 1. The van der Waals surface area contributed by atoms with Crippen LogP contribution in [-0.4, -0.2) is 47.6 Å². The Bertz CT molecular complexity index is 311. The first-order valence-electron chi connectivity index (χ1n) is 6.64. The molecular weight excluding hydrogens is 232 g/mol. The van der Waals surface area contributed by atoms with Crippen molar-refractivity contribution in [1.82, 2.24) is 10.2 Å². The number of nitrogens with one attached hydrogen (secondary N) is 1. The molecule has 0 radical (unpaired) electrons. The van der Waals surface area contributed by atoms with Gasteiger partial charge >= 0.3 is 5.97 Å². The smallest absolute Gasteiger partial charge is 0.323 e. The Morgan fingerprint density at radius 1 is 1.39 bits per heavy atom. The first-order chi connectivity index (χ1) is 8.40. The number of carboxylic acids is 1. The van der Waals surface area contributed by atoms with Gasteiger partial charge in [-0.3, -0.25) is 9.59 Å². The fraction of sp³-hybridized carbons (Fsp3) is 0.846. The Balaban J connectivity index is 2.83. The average molecular weight is 256 g/mol. The molecule has 5 heteroatoms. The second kappa shape index (κ2) is 6.18. The van der Waals surface area contributed by atoms with Crippen LogP contribution in [0.1, 0.15) is 40.0 Å². The maximum atomic E-state index is 12.6. The first-order valence-corrected chi connectivity index (χ1v) is 6.64. The van der Waals surface area contributed by atoms with Crippen molar-refractivity contribution >= 4 is 11.9 Å². The first kappa shape index (κ1) is 15.0. The molecule has 1 saturated heterocycles. The van der Waals surface area contributed by atoms with E-state index in [1.54, 1.807) is 0 Å². The standard InChI is InChI=1S/C13H24N2O3/c1-4-10(2)15(9-11(16)17)12(18)13(3)5-7-14-8-6-13/h10,14H,4-9H2,1-3H3,(H,16,17). The van der Waals surface area contributed by atoms with Gasteiger partial charge in [0, 0.05) is 11.5 Å². The number of rotatable bonds is 5. The zero-order valence-corrected chi connectivity index (χ0v) is 11.5. The highest BCUT2D eigenvalue weighted by molar-refractivity contribution is 5.86. The lowest BCUT2D eigenvalue weighted by Crippen LogP contribution is -2.51. The number of hydrogen-bond donors (Lipinski definition) is 2. The molecule has 18 heavy (non-hydrogen) atoms. The minimum Gasteiger partial charge on any atom is -0.480 e. The highest BCUT2D eigenvalue weighted by Crippen LogP contribution is 2.31. The van der Waals surface area contributed by atoms with Crippen molar-refractivity contribution < 1.29 is 14.7 Å². The molecule has 1 unspecified atom stereocenters. The van der Waals surface area contributed by atoms with E-state index in [9.17, 15) is 9.59 Å². The van der Waals surface area contributed by atoms with Crippen molar-refractivity contribution in [3.05, 3.63) is 0 Å². The highest BCUT2D eigenvalue weighted by Gasteiger charge is 2.39. The molecule has 1 aliphatic heterocycles. The molecule has 1 rings (SSSR count). The topological polar surface area (TPSA) is 69.6 Å². The van der Waals surface area contributed by atoms with Gasteiger partial charge < -0.3 is 15.3 Å². The van der Waals surface area contributed by atoms with Gasteiger partial charge in [-0.1, -0.05) is 13.8 Å². The van der Waals surface area contributed by atoms with E-state index in [1.807, 2.05) is 20.8 Å². The molecule has 2 N–H and O–H groups in total. The van der Waals surface area contributed by atoms with E-state index in [0.717, 1.165) is 32.4 Å². The van der Waals surface area contributed by atoms with Gasteiger partial charge in [-0.15, -0.1) is 0 Å². The summed E-state index contributed by atoms with van der Waals surface area (Å²) in [7, 11) is 0. The van der Waals surface area contributed by atoms with Crippen LogP contribution in [-0.2, 0) is 9.59 Å². The molecule has 104 valence electrons. The van der Waals surface area contributed by atoms with Gasteiger partial charge in [-0.25, -0.2) is 0 Å². The summed E-state index contributed by atoms with van der Waals surface area (Å²) in [5.74, 6) is -0.957. The predicted molar refractivity (Wildman–Crippen MR) is 69.3 cm³/mol. The molecule has 1 atom stereocenters. The Labute approximate surface area is 109 Å². The molecule has 0 aliphatic carbocycles. The van der Waals surface area contributed by atoms with Crippen LogP contribution in [0.4, 0.5) is 0 Å². The van der Waals surface area contributed by atoms with E-state index in [1.165, 1.54) is 4.90 Å². The Kier molecular flexibility index (Phi) is 5.14. The minimum atomic E-state index is -0.943. The van der Waals surface area contributed by atoms with Crippen LogP contribution in [0.5, 0.6) is 0 Å². The largest absolute Gasteiger partial charge is 0.480 e. The monoisotopic (exact) mass is 256 g/mol. The maximum absolute atomic E-state index is 12.6. The molecule has 5 nitrogen and oxygen atoms in total. The number of carbonyl (C=O) groups is 2. The summed E-state index contributed by atoms with van der Waals surface area (Å²) in [5, 5.41) is 12.2. The van der Waals surface area contributed by atoms with Gasteiger partial charge in [0.2, 0.25) is 5.91 Å². The van der Waals surface area contributed by atoms with E-state index in [0.29, 0.717) is 0 Å². The Morgan fingerprint density at radius 2 is 1.94 bits per heavy atom. The fourth-order valence-corrected chi connectivity index (χ4v) is 2.33. The Morgan fingerprint density at radius 3 is 2.39 bits per heavy atom. The summed E-state index contributed by atoms with van der Waals surface area (Å²) >= 11 is 0. The van der Waals surface area contributed by atoms with Crippen LogP contribution in [0.15, 0.2) is 0 Å². The van der Waals surface area contributed by atoms with Crippen LogP contribution in [0, 0.1) is 5.41 Å². The normalized spacial score (nSPS) is 20.2. The molecule has 0 aromatic heterocycles. The second-order valence-corrected chi connectivity index (χ2v) is 5.39. The molecule has 0 aromatic carbocycles. The van der Waals surface area contributed by atoms with Crippen LogP contribution < -0.4 is 5.32 Å². The van der Waals surface area contributed by atoms with Gasteiger partial charge in [0.25, 0.3) is 0 Å². The van der Waals surface area contributed by atoms with Gasteiger partial charge in [-0.05, 0) is 39.3 Å². The molecule has 0 bridgehead atoms. The van der Waals surface area contributed by atoms with E-state index >= 15 is 0 Å². The van der Waals surface area contributed by atoms with E-state index in [4.69, 9.17) is 5.11 Å². The summed E-state index contributed by atoms with van der Waals surface area (Å²) in [6.07, 6.45) is 2.32. The maximum Gasteiger partial charge on any atom is 0.323 e. The average Bonchev–Trinajstić information content (AvgIpc) is 2.35. The lowest BCUT2D eigenvalue weighted by molar-refractivity contribution is -0.152. The SMILES string of the molecule is CCC(C)N(CC(=O)O)C(=O)C1(C)CCNCC1. The number of hydrogen-bond acceptors (Lipinski definition) is 3. The van der Waals surface area contributed by atoms with E-state index in [-0.39, 0.29) is 18.5 Å². The lowest BCUT2D eigenvalue weighted by Gasteiger charge is -2.39. The molecule has 1 amide bonds. The number of carboxylic acid groups (broad SMARTS) is 1. The third kappa shape index (κ3) is 3.45. The van der Waals surface area contributed by atoms with E-state index < -0.39 is 11.4 Å². The summed E-state index contributed by atoms with van der Waals surface area (Å²) < 4.78 is 0.